The number of aromatic hydroxyl groups is 1. The molecule has 0 aliphatic heterocycles. The number of nitrogens with one attached hydrogen (secondary N) is 5. The second-order valence-corrected chi connectivity index (χ2v) is 9.72. The molecule has 0 spiro atoms. The zero-order valence-electron chi connectivity index (χ0n) is 24.6. The largest absolute Gasteiger partial charge is 0.508 e. The number of nitrogens with two attached hydrogens (primary N) is 3. The Morgan fingerprint density at radius 3 is 1.91 bits per heavy atom. The van der Waals surface area contributed by atoms with Crippen molar-refractivity contribution in [3.05, 3.63) is 29.8 Å². The van der Waals surface area contributed by atoms with E-state index in [-0.39, 0.29) is 37.5 Å². The molecule has 4 unspecified atom stereocenters. The molecule has 0 aromatic heterocycles. The number of guanidine groups is 1. The van der Waals surface area contributed by atoms with Crippen LogP contribution in [0.5, 0.6) is 5.75 Å². The summed E-state index contributed by atoms with van der Waals surface area (Å²) in [5.41, 5.74) is 16.2. The number of hydrogen-bond acceptors (Lipinski definition) is 11. The fourth-order valence-electron chi connectivity index (χ4n) is 3.75. The monoisotopic (exact) mass is 653 g/mol. The highest BCUT2D eigenvalue weighted by Gasteiger charge is 2.31. The Balaban J connectivity index is 2.86. The van der Waals surface area contributed by atoms with Gasteiger partial charge < -0.3 is 64.2 Å². The van der Waals surface area contributed by atoms with Crippen molar-refractivity contribution in [2.45, 2.75) is 49.9 Å². The summed E-state index contributed by atoms with van der Waals surface area (Å²) in [6, 6.07) is -0.702. The third-order valence-corrected chi connectivity index (χ3v) is 6.04. The molecule has 0 saturated carbocycles. The molecule has 1 rings (SSSR count). The van der Waals surface area contributed by atoms with E-state index in [1.54, 1.807) is 0 Å². The molecule has 46 heavy (non-hydrogen) atoms. The Kier molecular flexibility index (Phi) is 16.5. The number of carbonyl (C=O) groups is 7. The van der Waals surface area contributed by atoms with Gasteiger partial charge in [0.15, 0.2) is 5.96 Å². The first-order chi connectivity index (χ1) is 21.7. The molecule has 0 radical (unpaired) electrons. The minimum atomic E-state index is -1.79. The van der Waals surface area contributed by atoms with E-state index in [0.717, 1.165) is 0 Å². The van der Waals surface area contributed by atoms with E-state index in [0.29, 0.717) is 5.56 Å². The molecule has 1 aromatic carbocycles. The number of carboxylic acid groups (broad SMARTS) is 2. The first-order valence-electron chi connectivity index (χ1n) is 13.7. The summed E-state index contributed by atoms with van der Waals surface area (Å²) in [4.78, 5) is 89.2. The number of benzene rings is 1. The highest BCUT2D eigenvalue weighted by atomic mass is 16.4. The average Bonchev–Trinajstić information content (AvgIpc) is 2.99. The SMILES string of the molecule is NCC(=O)NC(CCCN=C(N)N)C(=O)NCC(=O)NC(CC(=O)O)C(=O)NC(CO)C(=O)NC(Cc1ccc(O)cc1)C(=O)O. The first kappa shape index (κ1) is 38.5. The number of hydrogen-bond donors (Lipinski definition) is 12. The Morgan fingerprint density at radius 2 is 1.37 bits per heavy atom. The lowest BCUT2D eigenvalue weighted by Gasteiger charge is -2.23. The van der Waals surface area contributed by atoms with Gasteiger partial charge in [-0.1, -0.05) is 12.1 Å². The zero-order chi connectivity index (χ0) is 34.8. The summed E-state index contributed by atoms with van der Waals surface area (Å²) >= 11 is 0. The number of aliphatic hydroxyl groups is 1. The average molecular weight is 654 g/mol. The molecule has 0 aliphatic rings. The number of aliphatic imine (C=N–C) groups is 1. The number of phenolic OH excluding ortho intramolecular Hbond substituents is 1. The Hall–Kier alpha value is -5.50. The first-order valence-corrected chi connectivity index (χ1v) is 13.7. The van der Waals surface area contributed by atoms with Crippen LogP contribution in [0.3, 0.4) is 0 Å². The van der Waals surface area contributed by atoms with Crippen LogP contribution in [0.15, 0.2) is 29.3 Å². The van der Waals surface area contributed by atoms with Gasteiger partial charge in [0, 0.05) is 13.0 Å². The van der Waals surface area contributed by atoms with Crippen molar-refractivity contribution in [3.63, 3.8) is 0 Å². The maximum atomic E-state index is 12.8. The highest BCUT2D eigenvalue weighted by Crippen LogP contribution is 2.11. The van der Waals surface area contributed by atoms with Gasteiger partial charge in [-0.2, -0.15) is 0 Å². The number of phenols is 1. The van der Waals surface area contributed by atoms with E-state index in [4.69, 9.17) is 17.2 Å². The van der Waals surface area contributed by atoms with Gasteiger partial charge in [-0.05, 0) is 30.5 Å². The Morgan fingerprint density at radius 1 is 0.783 bits per heavy atom. The predicted molar refractivity (Wildman–Crippen MR) is 158 cm³/mol. The molecule has 0 heterocycles. The molecule has 0 bridgehead atoms. The number of nitrogens with zero attached hydrogens (tertiary/aromatic N) is 1. The van der Waals surface area contributed by atoms with E-state index < -0.39 is 91.8 Å². The molecule has 0 aliphatic carbocycles. The summed E-state index contributed by atoms with van der Waals surface area (Å²) in [5.74, 6) is -8.05. The summed E-state index contributed by atoms with van der Waals surface area (Å²) in [6.07, 6.45) is -0.867. The Labute approximate surface area is 262 Å². The van der Waals surface area contributed by atoms with Crippen LogP contribution in [-0.4, -0.2) is 118 Å². The number of carbonyl (C=O) groups excluding carboxylic acids is 5. The summed E-state index contributed by atoms with van der Waals surface area (Å²) in [5, 5.41) is 48.7. The zero-order valence-corrected chi connectivity index (χ0v) is 24.6. The molecule has 5 amide bonds. The van der Waals surface area contributed by atoms with Crippen molar-refractivity contribution >= 4 is 47.4 Å². The van der Waals surface area contributed by atoms with Gasteiger partial charge in [-0.3, -0.25) is 33.8 Å². The molecule has 20 heteroatoms. The molecule has 4 atom stereocenters. The topological polar surface area (TPSA) is 351 Å². The lowest BCUT2D eigenvalue weighted by atomic mass is 10.1. The van der Waals surface area contributed by atoms with Crippen molar-refractivity contribution in [3.8, 4) is 5.75 Å². The summed E-state index contributed by atoms with van der Waals surface area (Å²) < 4.78 is 0. The van der Waals surface area contributed by atoms with Gasteiger partial charge in [0.25, 0.3) is 0 Å². The molecular formula is C26H39N9O11. The van der Waals surface area contributed by atoms with Crippen molar-refractivity contribution in [2.24, 2.45) is 22.2 Å². The molecule has 0 saturated heterocycles. The summed E-state index contributed by atoms with van der Waals surface area (Å²) in [6.45, 7) is -2.07. The number of rotatable bonds is 20. The molecule has 0 fully saturated rings. The molecule has 1 aromatic rings. The number of aliphatic carboxylic acids is 2. The van der Waals surface area contributed by atoms with Crippen LogP contribution in [0.25, 0.3) is 0 Å². The van der Waals surface area contributed by atoms with Crippen LogP contribution in [-0.2, 0) is 40.0 Å². The molecule has 254 valence electrons. The maximum Gasteiger partial charge on any atom is 0.326 e. The van der Waals surface area contributed by atoms with Crippen LogP contribution in [0.4, 0.5) is 0 Å². The minimum Gasteiger partial charge on any atom is -0.508 e. The van der Waals surface area contributed by atoms with Gasteiger partial charge in [0.05, 0.1) is 26.1 Å². The van der Waals surface area contributed by atoms with Gasteiger partial charge in [0.2, 0.25) is 29.5 Å². The van der Waals surface area contributed by atoms with Crippen molar-refractivity contribution in [1.82, 2.24) is 26.6 Å². The van der Waals surface area contributed by atoms with Crippen LogP contribution in [0, 0.1) is 0 Å². The van der Waals surface area contributed by atoms with E-state index in [2.05, 4.69) is 31.6 Å². The quantitative estimate of drug-likeness (QED) is 0.0355. The lowest BCUT2D eigenvalue weighted by Crippen LogP contribution is -2.58. The fourth-order valence-corrected chi connectivity index (χ4v) is 3.75. The minimum absolute atomic E-state index is 0.0578. The van der Waals surface area contributed by atoms with Crippen LogP contribution < -0.4 is 43.8 Å². The third-order valence-electron chi connectivity index (χ3n) is 6.04. The second kappa shape index (κ2) is 19.7. The van der Waals surface area contributed by atoms with E-state index in [9.17, 15) is 54.0 Å². The van der Waals surface area contributed by atoms with E-state index >= 15 is 0 Å². The summed E-state index contributed by atoms with van der Waals surface area (Å²) in [7, 11) is 0. The molecule has 15 N–H and O–H groups in total. The van der Waals surface area contributed by atoms with E-state index in [1.165, 1.54) is 24.3 Å². The van der Waals surface area contributed by atoms with Gasteiger partial charge in [-0.15, -0.1) is 0 Å². The second-order valence-electron chi connectivity index (χ2n) is 9.72. The smallest absolute Gasteiger partial charge is 0.326 e. The number of carboxylic acids is 2. The van der Waals surface area contributed by atoms with Crippen LogP contribution in [0.1, 0.15) is 24.8 Å². The molecular weight excluding hydrogens is 614 g/mol. The highest BCUT2D eigenvalue weighted by molar-refractivity contribution is 5.96. The van der Waals surface area contributed by atoms with Crippen LogP contribution in [0.2, 0.25) is 0 Å². The van der Waals surface area contributed by atoms with Crippen molar-refractivity contribution in [2.75, 3.05) is 26.2 Å². The molecule has 20 nitrogen and oxygen atoms in total. The fraction of sp³-hybridized carbons (Fsp3) is 0.462. The predicted octanol–water partition coefficient (Wildman–Crippen LogP) is -5.45. The van der Waals surface area contributed by atoms with Crippen molar-refractivity contribution in [1.29, 1.82) is 0 Å². The number of amides is 5. The standard InChI is InChI=1S/C26H39N9O11/c27-10-19(38)32-15(2-1-7-30-26(28)29)22(42)31-11-20(39)33-16(9-21(40)41)23(43)35-18(12-36)24(44)34-17(25(45)46)8-13-3-5-14(37)6-4-13/h3-6,15-18,36-37H,1-2,7-12,27H2,(H,31,42)(H,32,38)(H,33,39)(H,34,44)(H,35,43)(H,40,41)(H,45,46)(H4,28,29,30). The number of aliphatic hydroxyl groups excluding tert-OH is 1. The van der Waals surface area contributed by atoms with E-state index in [1.807, 2.05) is 0 Å². The lowest BCUT2D eigenvalue weighted by molar-refractivity contribution is -0.143. The third kappa shape index (κ3) is 14.8. The van der Waals surface area contributed by atoms with Gasteiger partial charge in [0.1, 0.15) is 29.9 Å². The van der Waals surface area contributed by atoms with Crippen molar-refractivity contribution < 1.29 is 54.0 Å². The van der Waals surface area contributed by atoms with Gasteiger partial charge >= 0.3 is 11.9 Å². The normalized spacial score (nSPS) is 13.1. The Bertz CT molecular complexity index is 1270. The van der Waals surface area contributed by atoms with Crippen LogP contribution >= 0.6 is 0 Å². The van der Waals surface area contributed by atoms with Gasteiger partial charge in [-0.25, -0.2) is 4.79 Å². The maximum absolute atomic E-state index is 12.8.